The molecule has 0 bridgehead atoms. The minimum Gasteiger partial charge on any atom is -0.459 e. The van der Waals surface area contributed by atoms with E-state index >= 15 is 0 Å². The van der Waals surface area contributed by atoms with Crippen molar-refractivity contribution in [1.82, 2.24) is 15.5 Å². The molecule has 0 aromatic carbocycles. The van der Waals surface area contributed by atoms with Crippen molar-refractivity contribution in [2.24, 2.45) is 5.73 Å². The molecule has 3 rings (SSSR count). The molecular weight excluding hydrogens is 308 g/mol. The summed E-state index contributed by atoms with van der Waals surface area (Å²) in [4.78, 5) is 16.2. The van der Waals surface area contributed by atoms with E-state index in [0.717, 1.165) is 25.7 Å². The van der Waals surface area contributed by atoms with Gasteiger partial charge in [0.2, 0.25) is 5.89 Å². The van der Waals surface area contributed by atoms with Crippen LogP contribution in [0.1, 0.15) is 60.9 Å². The van der Waals surface area contributed by atoms with Gasteiger partial charge in [-0.3, -0.25) is 4.79 Å². The Hall–Kier alpha value is -1.86. The lowest BCUT2D eigenvalue weighted by Gasteiger charge is -2.17. The van der Waals surface area contributed by atoms with E-state index in [9.17, 15) is 4.79 Å². The summed E-state index contributed by atoms with van der Waals surface area (Å²) in [6.45, 7) is 1.77. The second-order valence-corrected chi connectivity index (χ2v) is 5.49. The normalized spacial score (nSPS) is 17.7. The maximum atomic E-state index is 11.9. The number of nitrogens with one attached hydrogen (secondary N) is 1. The van der Waals surface area contributed by atoms with Crippen LogP contribution in [0.3, 0.4) is 0 Å². The van der Waals surface area contributed by atoms with Gasteiger partial charge in [-0.15, -0.1) is 12.4 Å². The quantitative estimate of drug-likeness (QED) is 0.892. The van der Waals surface area contributed by atoms with Gasteiger partial charge < -0.3 is 20.0 Å². The second kappa shape index (κ2) is 6.50. The molecule has 120 valence electrons. The Bertz CT molecular complexity index is 620. The van der Waals surface area contributed by atoms with Crippen LogP contribution < -0.4 is 11.1 Å². The number of hydrogen-bond donors (Lipinski definition) is 2. The highest BCUT2D eigenvalue weighted by molar-refractivity contribution is 5.91. The molecule has 1 atom stereocenters. The van der Waals surface area contributed by atoms with Gasteiger partial charge in [-0.1, -0.05) is 18.0 Å². The number of amides is 1. The third kappa shape index (κ3) is 3.15. The van der Waals surface area contributed by atoms with Gasteiger partial charge in [0.15, 0.2) is 11.6 Å². The number of aromatic nitrogens is 2. The second-order valence-electron chi connectivity index (χ2n) is 5.49. The molecule has 8 heteroatoms. The molecule has 1 amide bonds. The lowest BCUT2D eigenvalue weighted by atomic mass is 9.99. The van der Waals surface area contributed by atoms with Gasteiger partial charge in [0.25, 0.3) is 5.91 Å². The number of rotatable bonds is 4. The molecule has 0 spiro atoms. The highest BCUT2D eigenvalue weighted by Gasteiger charge is 2.36. The molecular formula is C14H19ClN4O3. The van der Waals surface area contributed by atoms with Gasteiger partial charge in [-0.05, 0) is 31.9 Å². The summed E-state index contributed by atoms with van der Waals surface area (Å²) in [6.07, 6.45) is 5.32. The SMILES string of the molecule is CC(NC(=O)c1ccco1)c1nc(C2(N)CCCC2)no1.Cl. The van der Waals surface area contributed by atoms with E-state index in [1.807, 2.05) is 0 Å². The van der Waals surface area contributed by atoms with Crippen molar-refractivity contribution in [2.45, 2.75) is 44.2 Å². The smallest absolute Gasteiger partial charge is 0.287 e. The van der Waals surface area contributed by atoms with Crippen LogP contribution in [0.2, 0.25) is 0 Å². The third-order valence-corrected chi connectivity index (χ3v) is 3.85. The van der Waals surface area contributed by atoms with E-state index in [4.69, 9.17) is 14.7 Å². The molecule has 1 saturated carbocycles. The Balaban J connectivity index is 0.00000176. The van der Waals surface area contributed by atoms with Gasteiger partial charge >= 0.3 is 0 Å². The average molecular weight is 327 g/mol. The molecule has 7 nitrogen and oxygen atoms in total. The number of carbonyl (C=O) groups is 1. The third-order valence-electron chi connectivity index (χ3n) is 3.85. The van der Waals surface area contributed by atoms with Crippen molar-refractivity contribution >= 4 is 18.3 Å². The topological polar surface area (TPSA) is 107 Å². The zero-order chi connectivity index (χ0) is 14.9. The number of carbonyl (C=O) groups excluding carboxylic acids is 1. The van der Waals surface area contributed by atoms with Crippen LogP contribution in [0.4, 0.5) is 0 Å². The first-order valence-corrected chi connectivity index (χ1v) is 7.06. The van der Waals surface area contributed by atoms with E-state index in [-0.39, 0.29) is 24.1 Å². The fourth-order valence-electron chi connectivity index (χ4n) is 2.58. The summed E-state index contributed by atoms with van der Waals surface area (Å²) in [5, 5.41) is 6.72. The molecule has 2 heterocycles. The molecule has 22 heavy (non-hydrogen) atoms. The van der Waals surface area contributed by atoms with E-state index in [0.29, 0.717) is 11.7 Å². The fraction of sp³-hybridized carbons (Fsp3) is 0.500. The highest BCUT2D eigenvalue weighted by Crippen LogP contribution is 2.34. The van der Waals surface area contributed by atoms with Crippen molar-refractivity contribution in [1.29, 1.82) is 0 Å². The first kappa shape index (κ1) is 16.5. The van der Waals surface area contributed by atoms with Crippen LogP contribution in [0, 0.1) is 0 Å². The van der Waals surface area contributed by atoms with Crippen LogP contribution in [0.25, 0.3) is 0 Å². The number of nitrogens with two attached hydrogens (primary N) is 1. The lowest BCUT2D eigenvalue weighted by molar-refractivity contribution is 0.0904. The molecule has 1 unspecified atom stereocenters. The molecule has 1 aliphatic rings. The van der Waals surface area contributed by atoms with Crippen LogP contribution in [-0.2, 0) is 5.54 Å². The largest absolute Gasteiger partial charge is 0.459 e. The summed E-state index contributed by atoms with van der Waals surface area (Å²) in [6, 6.07) is 2.84. The molecule has 0 radical (unpaired) electrons. The summed E-state index contributed by atoms with van der Waals surface area (Å²) < 4.78 is 10.3. The van der Waals surface area contributed by atoms with Crippen molar-refractivity contribution in [3.63, 3.8) is 0 Å². The molecule has 2 aromatic heterocycles. The summed E-state index contributed by atoms with van der Waals surface area (Å²) in [5.41, 5.74) is 5.79. The van der Waals surface area contributed by atoms with E-state index in [1.54, 1.807) is 19.1 Å². The summed E-state index contributed by atoms with van der Waals surface area (Å²) in [5.74, 6) is 0.791. The lowest BCUT2D eigenvalue weighted by Crippen LogP contribution is -2.34. The number of nitrogens with zero attached hydrogens (tertiary/aromatic N) is 2. The van der Waals surface area contributed by atoms with Crippen LogP contribution in [0.5, 0.6) is 0 Å². The highest BCUT2D eigenvalue weighted by atomic mass is 35.5. The van der Waals surface area contributed by atoms with E-state index < -0.39 is 11.6 Å². The molecule has 1 aliphatic carbocycles. The van der Waals surface area contributed by atoms with Gasteiger partial charge in [0.05, 0.1) is 11.8 Å². The van der Waals surface area contributed by atoms with Crippen LogP contribution in [0.15, 0.2) is 27.3 Å². The van der Waals surface area contributed by atoms with Crippen molar-refractivity contribution in [3.05, 3.63) is 35.9 Å². The van der Waals surface area contributed by atoms with Crippen LogP contribution >= 0.6 is 12.4 Å². The maximum Gasteiger partial charge on any atom is 0.287 e. The Morgan fingerprint density at radius 1 is 1.45 bits per heavy atom. The Morgan fingerprint density at radius 3 is 2.82 bits per heavy atom. The molecule has 0 saturated heterocycles. The van der Waals surface area contributed by atoms with Crippen molar-refractivity contribution in [3.8, 4) is 0 Å². The predicted octanol–water partition coefficient (Wildman–Crippen LogP) is 2.30. The van der Waals surface area contributed by atoms with Crippen molar-refractivity contribution < 1.29 is 13.7 Å². The number of hydrogen-bond acceptors (Lipinski definition) is 6. The maximum absolute atomic E-state index is 11.9. The van der Waals surface area contributed by atoms with Crippen LogP contribution in [-0.4, -0.2) is 16.0 Å². The zero-order valence-corrected chi connectivity index (χ0v) is 13.1. The van der Waals surface area contributed by atoms with Gasteiger partial charge in [0, 0.05) is 0 Å². The zero-order valence-electron chi connectivity index (χ0n) is 12.2. The number of furan rings is 1. The van der Waals surface area contributed by atoms with Crippen molar-refractivity contribution in [2.75, 3.05) is 0 Å². The van der Waals surface area contributed by atoms with Gasteiger partial charge in [-0.25, -0.2) is 0 Å². The van der Waals surface area contributed by atoms with E-state index in [1.165, 1.54) is 6.26 Å². The summed E-state index contributed by atoms with van der Waals surface area (Å²) in [7, 11) is 0. The minimum absolute atomic E-state index is 0. The summed E-state index contributed by atoms with van der Waals surface area (Å²) >= 11 is 0. The standard InChI is InChI=1S/C14H18N4O3.ClH/c1-9(16-11(19)10-5-4-8-20-10)12-17-13(18-21-12)14(15)6-2-3-7-14;/h4-5,8-9H,2-3,6-7,15H2,1H3,(H,16,19);1H. The average Bonchev–Trinajstić information content (AvgIpc) is 3.20. The predicted molar refractivity (Wildman–Crippen MR) is 80.5 cm³/mol. The number of halogens is 1. The Morgan fingerprint density at radius 2 is 2.18 bits per heavy atom. The monoisotopic (exact) mass is 326 g/mol. The molecule has 1 fully saturated rings. The van der Waals surface area contributed by atoms with Gasteiger partial charge in [-0.2, -0.15) is 4.98 Å². The first-order valence-electron chi connectivity index (χ1n) is 7.06. The van der Waals surface area contributed by atoms with E-state index in [2.05, 4.69) is 15.5 Å². The Labute approximate surface area is 134 Å². The fourth-order valence-corrected chi connectivity index (χ4v) is 2.58. The molecule has 2 aromatic rings. The minimum atomic E-state index is -0.494. The first-order chi connectivity index (χ1) is 10.1. The Kier molecular flexibility index (Phi) is 4.87. The van der Waals surface area contributed by atoms with Gasteiger partial charge in [0.1, 0.15) is 6.04 Å². The molecule has 0 aliphatic heterocycles. The molecule has 3 N–H and O–H groups in total.